The molecule has 1 atom stereocenters. The standard InChI is InChI=1S/C22H42B2O4/c1-10-11-12-13-15-18(24-27-21(6,7)22(8,9)28-24)16-14-17-23-25-19(2,3)20(4,5)26-23/h14,16,18H,10-13,15,17H2,1-9H3/b16-14-. The van der Waals surface area contributed by atoms with E-state index in [4.69, 9.17) is 18.6 Å². The van der Waals surface area contributed by atoms with Gasteiger partial charge in [0, 0.05) is 12.1 Å². The molecular formula is C22H42B2O4. The van der Waals surface area contributed by atoms with Gasteiger partial charge in [0.15, 0.2) is 0 Å². The van der Waals surface area contributed by atoms with Gasteiger partial charge in [-0.05, 0) is 61.8 Å². The molecule has 2 saturated heterocycles. The van der Waals surface area contributed by atoms with Crippen molar-refractivity contribution in [3.05, 3.63) is 12.2 Å². The Balaban J connectivity index is 1.99. The summed E-state index contributed by atoms with van der Waals surface area (Å²) in [6.07, 6.45) is 11.3. The molecule has 2 aliphatic heterocycles. The number of unbranched alkanes of at least 4 members (excludes halogenated alkanes) is 3. The Morgan fingerprint density at radius 1 is 0.714 bits per heavy atom. The van der Waals surface area contributed by atoms with Gasteiger partial charge in [0.05, 0.1) is 22.4 Å². The Kier molecular flexibility index (Phi) is 7.57. The lowest BCUT2D eigenvalue weighted by atomic mass is 9.68. The summed E-state index contributed by atoms with van der Waals surface area (Å²) in [5.41, 5.74) is -1.15. The largest absolute Gasteiger partial charge is 0.465 e. The molecule has 0 bridgehead atoms. The third-order valence-corrected chi connectivity index (χ3v) is 7.03. The second-order valence-corrected chi connectivity index (χ2v) is 10.5. The second-order valence-electron chi connectivity index (χ2n) is 10.5. The number of allylic oxidation sites excluding steroid dienone is 2. The van der Waals surface area contributed by atoms with Crippen LogP contribution >= 0.6 is 0 Å². The van der Waals surface area contributed by atoms with Crippen LogP contribution in [0.25, 0.3) is 0 Å². The van der Waals surface area contributed by atoms with Crippen molar-refractivity contribution < 1.29 is 18.6 Å². The van der Waals surface area contributed by atoms with Crippen LogP contribution < -0.4 is 0 Å². The van der Waals surface area contributed by atoms with E-state index >= 15 is 0 Å². The van der Waals surface area contributed by atoms with Crippen molar-refractivity contribution >= 4 is 14.2 Å². The van der Waals surface area contributed by atoms with Gasteiger partial charge in [0.25, 0.3) is 0 Å². The van der Waals surface area contributed by atoms with E-state index in [0.29, 0.717) is 0 Å². The van der Waals surface area contributed by atoms with Gasteiger partial charge in [-0.25, -0.2) is 0 Å². The van der Waals surface area contributed by atoms with E-state index in [1.807, 2.05) is 0 Å². The van der Waals surface area contributed by atoms with E-state index in [9.17, 15) is 0 Å². The molecule has 2 rings (SSSR count). The number of hydrogen-bond donors (Lipinski definition) is 0. The van der Waals surface area contributed by atoms with Gasteiger partial charge in [-0.15, -0.1) is 0 Å². The maximum atomic E-state index is 6.34. The first kappa shape index (κ1) is 24.0. The van der Waals surface area contributed by atoms with Gasteiger partial charge < -0.3 is 18.6 Å². The predicted octanol–water partition coefficient (Wildman–Crippen LogP) is 6.07. The molecule has 0 amide bonds. The van der Waals surface area contributed by atoms with Gasteiger partial charge in [0.2, 0.25) is 0 Å². The lowest BCUT2D eigenvalue weighted by Gasteiger charge is -2.32. The van der Waals surface area contributed by atoms with Crippen LogP contribution in [-0.2, 0) is 18.6 Å². The zero-order valence-corrected chi connectivity index (χ0v) is 19.8. The molecule has 0 aromatic heterocycles. The van der Waals surface area contributed by atoms with Crippen LogP contribution in [0.15, 0.2) is 12.2 Å². The summed E-state index contributed by atoms with van der Waals surface area (Å²) in [5, 5.41) is 0. The van der Waals surface area contributed by atoms with Crippen molar-refractivity contribution in [1.29, 1.82) is 0 Å². The van der Waals surface area contributed by atoms with E-state index in [1.54, 1.807) is 0 Å². The molecule has 6 heteroatoms. The van der Waals surface area contributed by atoms with Crippen molar-refractivity contribution in [1.82, 2.24) is 0 Å². The zero-order chi connectivity index (χ0) is 21.2. The molecule has 1 unspecified atom stereocenters. The van der Waals surface area contributed by atoms with E-state index in [0.717, 1.165) is 12.7 Å². The Bertz CT molecular complexity index is 511. The molecule has 2 fully saturated rings. The third-order valence-electron chi connectivity index (χ3n) is 7.03. The highest BCUT2D eigenvalue weighted by atomic mass is 16.7. The minimum Gasteiger partial charge on any atom is -0.403 e. The van der Waals surface area contributed by atoms with Crippen LogP contribution in [0.4, 0.5) is 0 Å². The topological polar surface area (TPSA) is 36.9 Å². The van der Waals surface area contributed by atoms with Crippen molar-refractivity contribution in [2.24, 2.45) is 0 Å². The lowest BCUT2D eigenvalue weighted by molar-refractivity contribution is 0.00578. The van der Waals surface area contributed by atoms with Gasteiger partial charge in [-0.1, -0.05) is 44.8 Å². The Morgan fingerprint density at radius 2 is 1.21 bits per heavy atom. The second kappa shape index (κ2) is 8.83. The van der Waals surface area contributed by atoms with Crippen molar-refractivity contribution in [3.8, 4) is 0 Å². The summed E-state index contributed by atoms with van der Waals surface area (Å²) < 4.78 is 24.9. The van der Waals surface area contributed by atoms with Gasteiger partial charge in [-0.2, -0.15) is 0 Å². The van der Waals surface area contributed by atoms with E-state index in [2.05, 4.69) is 74.5 Å². The molecule has 28 heavy (non-hydrogen) atoms. The van der Waals surface area contributed by atoms with Gasteiger partial charge >= 0.3 is 14.2 Å². The molecule has 0 N–H and O–H groups in total. The molecule has 0 aromatic rings. The van der Waals surface area contributed by atoms with Crippen LogP contribution in [0.2, 0.25) is 12.1 Å². The lowest BCUT2D eigenvalue weighted by Crippen LogP contribution is -2.41. The fourth-order valence-corrected chi connectivity index (χ4v) is 3.62. The van der Waals surface area contributed by atoms with Crippen LogP contribution in [0.1, 0.15) is 94.4 Å². The number of rotatable bonds is 9. The van der Waals surface area contributed by atoms with Gasteiger partial charge in [-0.3, -0.25) is 0 Å². The minimum absolute atomic E-state index is 0.193. The maximum Gasteiger partial charge on any atom is 0.465 e. The Morgan fingerprint density at radius 3 is 1.71 bits per heavy atom. The minimum atomic E-state index is -0.293. The highest BCUT2D eigenvalue weighted by Gasteiger charge is 2.53. The molecule has 160 valence electrons. The fraction of sp³-hybridized carbons (Fsp3) is 0.909. The summed E-state index contributed by atoms with van der Waals surface area (Å²) >= 11 is 0. The van der Waals surface area contributed by atoms with E-state index in [1.165, 1.54) is 25.7 Å². The molecule has 0 aliphatic carbocycles. The van der Waals surface area contributed by atoms with E-state index in [-0.39, 0.29) is 42.5 Å². The molecule has 4 nitrogen and oxygen atoms in total. The van der Waals surface area contributed by atoms with Crippen LogP contribution in [-0.4, -0.2) is 36.6 Å². The summed E-state index contributed by atoms with van der Waals surface area (Å²) in [6.45, 7) is 19.1. The molecule has 0 aromatic carbocycles. The Labute approximate surface area is 174 Å². The first-order chi connectivity index (χ1) is 12.8. The summed E-state index contributed by atoms with van der Waals surface area (Å²) in [6, 6.07) is 0. The fourth-order valence-electron chi connectivity index (χ4n) is 3.62. The molecule has 0 radical (unpaired) electrons. The first-order valence-electron chi connectivity index (χ1n) is 11.2. The predicted molar refractivity (Wildman–Crippen MR) is 119 cm³/mol. The quantitative estimate of drug-likeness (QED) is 0.271. The average molecular weight is 392 g/mol. The van der Waals surface area contributed by atoms with Crippen LogP contribution in [0.5, 0.6) is 0 Å². The molecular weight excluding hydrogens is 350 g/mol. The highest BCUT2D eigenvalue weighted by molar-refractivity contribution is 6.48. The zero-order valence-electron chi connectivity index (χ0n) is 19.8. The Hall–Kier alpha value is -0.290. The average Bonchev–Trinajstić information content (AvgIpc) is 2.88. The van der Waals surface area contributed by atoms with Crippen molar-refractivity contribution in [2.75, 3.05) is 0 Å². The van der Waals surface area contributed by atoms with Crippen molar-refractivity contribution in [2.45, 2.75) is 129 Å². The molecule has 2 aliphatic rings. The molecule has 2 heterocycles. The van der Waals surface area contributed by atoms with Crippen LogP contribution in [0, 0.1) is 0 Å². The maximum absolute atomic E-state index is 6.34. The van der Waals surface area contributed by atoms with Gasteiger partial charge in [0.1, 0.15) is 0 Å². The molecule has 0 spiro atoms. The van der Waals surface area contributed by atoms with E-state index < -0.39 is 0 Å². The normalized spacial score (nSPS) is 26.3. The monoisotopic (exact) mass is 392 g/mol. The smallest absolute Gasteiger partial charge is 0.403 e. The first-order valence-corrected chi connectivity index (χ1v) is 11.2. The van der Waals surface area contributed by atoms with Crippen molar-refractivity contribution in [3.63, 3.8) is 0 Å². The number of hydrogen-bond acceptors (Lipinski definition) is 4. The third kappa shape index (κ3) is 5.44. The summed E-state index contributed by atoms with van der Waals surface area (Å²) in [5.74, 6) is 0.250. The SMILES string of the molecule is CCCCCCC(/C=C\CB1OC(C)(C)C(C)(C)O1)B1OC(C)(C)C(C)(C)O1. The summed E-state index contributed by atoms with van der Waals surface area (Å²) in [7, 11) is -0.388. The van der Waals surface area contributed by atoms with Crippen LogP contribution in [0.3, 0.4) is 0 Å². The highest BCUT2D eigenvalue weighted by Crippen LogP contribution is 2.42. The summed E-state index contributed by atoms with van der Waals surface area (Å²) in [4.78, 5) is 0. The molecule has 0 saturated carbocycles.